The first-order chi connectivity index (χ1) is 9.63. The molecular weight excluding hydrogens is 258 g/mol. The van der Waals surface area contributed by atoms with Gasteiger partial charge in [-0.15, -0.1) is 0 Å². The fourth-order valence-electron chi connectivity index (χ4n) is 1.91. The first-order valence-corrected chi connectivity index (χ1v) is 5.87. The van der Waals surface area contributed by atoms with Crippen LogP contribution in [0.15, 0.2) is 41.3 Å². The molecule has 100 valence electrons. The second-order valence-electron chi connectivity index (χ2n) is 4.23. The lowest BCUT2D eigenvalue weighted by Crippen LogP contribution is -2.15. The van der Waals surface area contributed by atoms with Crippen molar-refractivity contribution in [3.05, 3.63) is 52.7 Å². The Balaban J connectivity index is 1.91. The van der Waals surface area contributed by atoms with Crippen molar-refractivity contribution in [1.82, 2.24) is 15.0 Å². The van der Waals surface area contributed by atoms with Crippen LogP contribution in [0.4, 0.5) is 11.4 Å². The molecular formula is C13H11N5O2. The van der Waals surface area contributed by atoms with E-state index in [0.717, 1.165) is 0 Å². The lowest BCUT2D eigenvalue weighted by molar-refractivity contribution is 0.102. The maximum Gasteiger partial charge on any atom is 0.323 e. The van der Waals surface area contributed by atoms with Crippen molar-refractivity contribution in [2.75, 3.05) is 11.1 Å². The highest BCUT2D eigenvalue weighted by Crippen LogP contribution is 2.16. The number of pyridine rings is 1. The molecule has 3 aromatic rings. The Hall–Kier alpha value is -3.09. The molecule has 0 atom stereocenters. The van der Waals surface area contributed by atoms with Gasteiger partial charge in [0.05, 0.1) is 16.7 Å². The Morgan fingerprint density at radius 3 is 2.80 bits per heavy atom. The summed E-state index contributed by atoms with van der Waals surface area (Å²) in [5, 5.41) is 2.68. The summed E-state index contributed by atoms with van der Waals surface area (Å²) in [4.78, 5) is 32.4. The van der Waals surface area contributed by atoms with Crippen molar-refractivity contribution in [2.45, 2.75) is 0 Å². The molecule has 1 aromatic carbocycles. The standard InChI is InChI=1S/C13H11N5O2/c14-8-2-1-5-15-11(8)12(19)16-7-3-4-9-10(6-7)18-13(20)17-9/h1-6H,14H2,(H,16,19)(H2,17,18,20). The van der Waals surface area contributed by atoms with E-state index in [1.165, 1.54) is 6.20 Å². The largest absolute Gasteiger partial charge is 0.397 e. The van der Waals surface area contributed by atoms with Crippen LogP contribution in [-0.4, -0.2) is 20.9 Å². The summed E-state index contributed by atoms with van der Waals surface area (Å²) in [5.74, 6) is -0.402. The zero-order chi connectivity index (χ0) is 14.1. The van der Waals surface area contributed by atoms with Gasteiger partial charge in [0, 0.05) is 11.9 Å². The minimum absolute atomic E-state index is 0.162. The Labute approximate surface area is 112 Å². The second kappa shape index (κ2) is 4.54. The number of hydrogen-bond acceptors (Lipinski definition) is 4. The van der Waals surface area contributed by atoms with Crippen molar-refractivity contribution in [3.63, 3.8) is 0 Å². The number of H-pyrrole nitrogens is 2. The van der Waals surface area contributed by atoms with Gasteiger partial charge in [0.15, 0.2) is 5.69 Å². The van der Waals surface area contributed by atoms with E-state index in [4.69, 9.17) is 5.73 Å². The number of nitrogens with two attached hydrogens (primary N) is 1. The predicted molar refractivity (Wildman–Crippen MR) is 75.5 cm³/mol. The van der Waals surface area contributed by atoms with Crippen LogP contribution in [0, 0.1) is 0 Å². The van der Waals surface area contributed by atoms with Crippen molar-refractivity contribution in [1.29, 1.82) is 0 Å². The average molecular weight is 269 g/mol. The molecule has 0 unspecified atom stereocenters. The predicted octanol–water partition coefficient (Wildman–Crippen LogP) is 1.09. The first kappa shape index (κ1) is 12.0. The Morgan fingerprint density at radius 2 is 2.00 bits per heavy atom. The van der Waals surface area contributed by atoms with Crippen LogP contribution in [0.3, 0.4) is 0 Å². The van der Waals surface area contributed by atoms with Crippen LogP contribution < -0.4 is 16.7 Å². The summed E-state index contributed by atoms with van der Waals surface area (Å²) in [6, 6.07) is 8.30. The van der Waals surface area contributed by atoms with E-state index in [-0.39, 0.29) is 11.4 Å². The quantitative estimate of drug-likeness (QED) is 0.557. The van der Waals surface area contributed by atoms with Crippen LogP contribution in [0.5, 0.6) is 0 Å². The molecule has 0 saturated heterocycles. The zero-order valence-corrected chi connectivity index (χ0v) is 10.3. The maximum absolute atomic E-state index is 12.0. The highest BCUT2D eigenvalue weighted by molar-refractivity contribution is 6.06. The topological polar surface area (TPSA) is 117 Å². The molecule has 0 saturated carbocycles. The van der Waals surface area contributed by atoms with E-state index in [9.17, 15) is 9.59 Å². The molecule has 0 bridgehead atoms. The van der Waals surface area contributed by atoms with Gasteiger partial charge in [0.2, 0.25) is 0 Å². The Morgan fingerprint density at radius 1 is 1.20 bits per heavy atom. The van der Waals surface area contributed by atoms with E-state index in [1.54, 1.807) is 30.3 Å². The number of nitrogens with zero attached hydrogens (tertiary/aromatic N) is 1. The Kier molecular flexibility index (Phi) is 2.72. The fraction of sp³-hybridized carbons (Fsp3) is 0. The molecule has 0 aliphatic rings. The SMILES string of the molecule is Nc1cccnc1C(=O)Nc1ccc2[nH]c(=O)[nH]c2c1. The number of fused-ring (bicyclic) bond motifs is 1. The van der Waals surface area contributed by atoms with Gasteiger partial charge in [-0.25, -0.2) is 9.78 Å². The van der Waals surface area contributed by atoms with E-state index in [2.05, 4.69) is 20.3 Å². The highest BCUT2D eigenvalue weighted by Gasteiger charge is 2.11. The van der Waals surface area contributed by atoms with E-state index >= 15 is 0 Å². The van der Waals surface area contributed by atoms with Crippen molar-refractivity contribution < 1.29 is 4.79 Å². The summed E-state index contributed by atoms with van der Waals surface area (Å²) < 4.78 is 0. The van der Waals surface area contributed by atoms with Gasteiger partial charge in [-0.05, 0) is 30.3 Å². The number of hydrogen-bond donors (Lipinski definition) is 4. The normalized spacial score (nSPS) is 10.6. The number of aromatic amines is 2. The molecule has 3 rings (SSSR count). The van der Waals surface area contributed by atoms with Gasteiger partial charge in [-0.2, -0.15) is 0 Å². The molecule has 0 fully saturated rings. The third-order valence-electron chi connectivity index (χ3n) is 2.83. The summed E-state index contributed by atoms with van der Waals surface area (Å²) in [7, 11) is 0. The van der Waals surface area contributed by atoms with Crippen LogP contribution in [-0.2, 0) is 0 Å². The summed E-state index contributed by atoms with van der Waals surface area (Å²) in [6.45, 7) is 0. The van der Waals surface area contributed by atoms with E-state index in [1.807, 2.05) is 0 Å². The summed E-state index contributed by atoms with van der Waals surface area (Å²) in [5.41, 5.74) is 7.70. The monoisotopic (exact) mass is 269 g/mol. The van der Waals surface area contributed by atoms with Crippen molar-refractivity contribution in [2.24, 2.45) is 0 Å². The second-order valence-corrected chi connectivity index (χ2v) is 4.23. The van der Waals surface area contributed by atoms with Gasteiger partial charge in [-0.3, -0.25) is 4.79 Å². The number of rotatable bonds is 2. The molecule has 7 nitrogen and oxygen atoms in total. The average Bonchev–Trinajstić information content (AvgIpc) is 2.78. The number of aromatic nitrogens is 3. The third-order valence-corrected chi connectivity index (χ3v) is 2.83. The van der Waals surface area contributed by atoms with Crippen molar-refractivity contribution >= 4 is 28.3 Å². The maximum atomic E-state index is 12.0. The van der Waals surface area contributed by atoms with Gasteiger partial charge in [0.1, 0.15) is 0 Å². The number of anilines is 2. The number of nitrogens with one attached hydrogen (secondary N) is 3. The molecule has 2 aromatic heterocycles. The van der Waals surface area contributed by atoms with E-state index in [0.29, 0.717) is 22.4 Å². The number of amides is 1. The smallest absolute Gasteiger partial charge is 0.323 e. The van der Waals surface area contributed by atoms with Crippen LogP contribution in [0.2, 0.25) is 0 Å². The summed E-state index contributed by atoms with van der Waals surface area (Å²) >= 11 is 0. The van der Waals surface area contributed by atoms with E-state index < -0.39 is 5.91 Å². The van der Waals surface area contributed by atoms with Gasteiger partial charge < -0.3 is 21.0 Å². The lowest BCUT2D eigenvalue weighted by Gasteiger charge is -2.06. The molecule has 5 N–H and O–H groups in total. The minimum atomic E-state index is -0.402. The Bertz CT molecular complexity index is 849. The molecule has 0 radical (unpaired) electrons. The highest BCUT2D eigenvalue weighted by atomic mass is 16.2. The molecule has 0 aliphatic carbocycles. The lowest BCUT2D eigenvalue weighted by atomic mass is 10.2. The van der Waals surface area contributed by atoms with Gasteiger partial charge in [-0.1, -0.05) is 0 Å². The minimum Gasteiger partial charge on any atom is -0.397 e. The van der Waals surface area contributed by atoms with Crippen LogP contribution >= 0.6 is 0 Å². The zero-order valence-electron chi connectivity index (χ0n) is 10.3. The molecule has 0 spiro atoms. The number of carbonyl (C=O) groups is 1. The third kappa shape index (κ3) is 2.12. The molecule has 1 amide bonds. The molecule has 2 heterocycles. The number of imidazole rings is 1. The van der Waals surface area contributed by atoms with Crippen LogP contribution in [0.1, 0.15) is 10.5 Å². The van der Waals surface area contributed by atoms with Gasteiger partial charge in [0.25, 0.3) is 5.91 Å². The number of nitrogen functional groups attached to an aromatic ring is 1. The van der Waals surface area contributed by atoms with Crippen LogP contribution in [0.25, 0.3) is 11.0 Å². The molecule has 7 heteroatoms. The summed E-state index contributed by atoms with van der Waals surface area (Å²) in [6.07, 6.45) is 1.50. The first-order valence-electron chi connectivity index (χ1n) is 5.87. The fourth-order valence-corrected chi connectivity index (χ4v) is 1.91. The number of carbonyl (C=O) groups excluding carboxylic acids is 1. The number of benzene rings is 1. The van der Waals surface area contributed by atoms with Gasteiger partial charge >= 0.3 is 5.69 Å². The molecule has 20 heavy (non-hydrogen) atoms. The molecule has 0 aliphatic heterocycles. The van der Waals surface area contributed by atoms with Crippen molar-refractivity contribution in [3.8, 4) is 0 Å².